The molecule has 0 bridgehead atoms. The van der Waals surface area contributed by atoms with E-state index in [0.29, 0.717) is 24.3 Å². The van der Waals surface area contributed by atoms with Crippen LogP contribution in [0.2, 0.25) is 0 Å². The molecule has 0 aliphatic heterocycles. The average molecular weight is 251 g/mol. The smallest absolute Gasteiger partial charge is 0.165 e. The molecule has 1 aliphatic rings. The van der Waals surface area contributed by atoms with Gasteiger partial charge in [0.25, 0.3) is 0 Å². The second-order valence-corrected chi connectivity index (χ2v) is 5.03. The van der Waals surface area contributed by atoms with Crippen molar-refractivity contribution in [2.24, 2.45) is 5.92 Å². The normalized spacial score (nSPS) is 18.6. The molecule has 0 amide bonds. The molecule has 0 radical (unpaired) electrons. The highest BCUT2D eigenvalue weighted by molar-refractivity contribution is 5.23. The predicted octanol–water partition coefficient (Wildman–Crippen LogP) is 3.37. The van der Waals surface area contributed by atoms with Crippen LogP contribution < -0.4 is 10.1 Å². The number of ether oxygens (including phenoxy) is 1. The van der Waals surface area contributed by atoms with Gasteiger partial charge >= 0.3 is 0 Å². The Morgan fingerprint density at radius 1 is 1.28 bits per heavy atom. The summed E-state index contributed by atoms with van der Waals surface area (Å²) in [6, 6.07) is 6.92. The summed E-state index contributed by atoms with van der Waals surface area (Å²) >= 11 is 0. The van der Waals surface area contributed by atoms with Crippen LogP contribution in [0.4, 0.5) is 4.39 Å². The highest BCUT2D eigenvalue weighted by Gasteiger charge is 2.23. The Kier molecular flexibility index (Phi) is 5.00. The third kappa shape index (κ3) is 3.45. The van der Waals surface area contributed by atoms with Gasteiger partial charge in [-0.3, -0.25) is 0 Å². The van der Waals surface area contributed by atoms with Crippen LogP contribution in [0.15, 0.2) is 24.3 Å². The fourth-order valence-electron chi connectivity index (χ4n) is 2.73. The van der Waals surface area contributed by atoms with Gasteiger partial charge in [0, 0.05) is 6.04 Å². The number of rotatable bonds is 5. The van der Waals surface area contributed by atoms with Crippen LogP contribution in [0.1, 0.15) is 32.1 Å². The molecule has 100 valence electrons. The molecule has 3 heteroatoms. The van der Waals surface area contributed by atoms with E-state index in [4.69, 9.17) is 4.74 Å². The fraction of sp³-hybridized carbons (Fsp3) is 0.600. The van der Waals surface area contributed by atoms with Gasteiger partial charge in [0.2, 0.25) is 0 Å². The van der Waals surface area contributed by atoms with Gasteiger partial charge in [-0.1, -0.05) is 31.4 Å². The number of hydrogen-bond donors (Lipinski definition) is 1. The number of nitrogens with one attached hydrogen (secondary N) is 1. The lowest BCUT2D eigenvalue weighted by Crippen LogP contribution is -2.39. The molecule has 18 heavy (non-hydrogen) atoms. The molecule has 1 atom stereocenters. The van der Waals surface area contributed by atoms with Crippen molar-refractivity contribution in [2.75, 3.05) is 13.7 Å². The number of para-hydroxylation sites is 1. The maximum Gasteiger partial charge on any atom is 0.165 e. The van der Waals surface area contributed by atoms with Crippen LogP contribution >= 0.6 is 0 Å². The fourth-order valence-corrected chi connectivity index (χ4v) is 2.73. The highest BCUT2D eigenvalue weighted by atomic mass is 19.1. The number of hydrogen-bond acceptors (Lipinski definition) is 2. The van der Waals surface area contributed by atoms with Crippen molar-refractivity contribution in [2.45, 2.75) is 38.1 Å². The van der Waals surface area contributed by atoms with E-state index in [1.54, 1.807) is 18.2 Å². The van der Waals surface area contributed by atoms with Crippen molar-refractivity contribution in [3.05, 3.63) is 30.1 Å². The van der Waals surface area contributed by atoms with Gasteiger partial charge in [-0.15, -0.1) is 0 Å². The Bertz CT molecular complexity index is 363. The minimum Gasteiger partial charge on any atom is -0.489 e. The van der Waals surface area contributed by atoms with E-state index < -0.39 is 0 Å². The Labute approximate surface area is 109 Å². The molecule has 0 heterocycles. The van der Waals surface area contributed by atoms with Crippen LogP contribution in [-0.2, 0) is 0 Å². The van der Waals surface area contributed by atoms with Crippen LogP contribution in [0, 0.1) is 11.7 Å². The van der Waals surface area contributed by atoms with Gasteiger partial charge in [-0.25, -0.2) is 4.39 Å². The standard InChI is InChI=1S/C15H22FNO/c1-17-14(12-7-3-2-4-8-12)11-18-15-10-6-5-9-13(15)16/h5-6,9-10,12,14,17H,2-4,7-8,11H2,1H3. The number of likely N-dealkylation sites (N-methyl/N-ethyl adjacent to an activating group) is 1. The van der Waals surface area contributed by atoms with E-state index in [-0.39, 0.29) is 5.82 Å². The summed E-state index contributed by atoms with van der Waals surface area (Å²) in [5.41, 5.74) is 0. The van der Waals surface area contributed by atoms with Gasteiger partial charge in [0.1, 0.15) is 6.61 Å². The first-order valence-electron chi connectivity index (χ1n) is 6.86. The average Bonchev–Trinajstić information content (AvgIpc) is 2.42. The van der Waals surface area contributed by atoms with E-state index in [0.717, 1.165) is 0 Å². The number of benzene rings is 1. The molecule has 1 aromatic rings. The van der Waals surface area contributed by atoms with Crippen LogP contribution in [0.5, 0.6) is 5.75 Å². The van der Waals surface area contributed by atoms with Crippen LogP contribution in [0.25, 0.3) is 0 Å². The molecule has 0 aromatic heterocycles. The predicted molar refractivity (Wildman–Crippen MR) is 71.3 cm³/mol. The van der Waals surface area contributed by atoms with Gasteiger partial charge in [0.05, 0.1) is 0 Å². The summed E-state index contributed by atoms with van der Waals surface area (Å²) in [6.45, 7) is 0.544. The van der Waals surface area contributed by atoms with Crippen molar-refractivity contribution in [1.82, 2.24) is 5.32 Å². The molecular weight excluding hydrogens is 229 g/mol. The molecule has 1 saturated carbocycles. The molecular formula is C15H22FNO. The highest BCUT2D eigenvalue weighted by Crippen LogP contribution is 2.27. The number of halogens is 1. The first-order valence-corrected chi connectivity index (χ1v) is 6.86. The van der Waals surface area contributed by atoms with E-state index in [2.05, 4.69) is 5.32 Å². The Hall–Kier alpha value is -1.09. The largest absolute Gasteiger partial charge is 0.489 e. The lowest BCUT2D eigenvalue weighted by Gasteiger charge is -2.29. The summed E-state index contributed by atoms with van der Waals surface area (Å²) in [4.78, 5) is 0. The topological polar surface area (TPSA) is 21.3 Å². The van der Waals surface area contributed by atoms with Crippen molar-refractivity contribution in [1.29, 1.82) is 0 Å². The van der Waals surface area contributed by atoms with Crippen molar-refractivity contribution in [3.63, 3.8) is 0 Å². The summed E-state index contributed by atoms with van der Waals surface area (Å²) in [5, 5.41) is 3.31. The lowest BCUT2D eigenvalue weighted by molar-refractivity contribution is 0.188. The molecule has 1 aliphatic carbocycles. The minimum absolute atomic E-state index is 0.281. The molecule has 2 nitrogen and oxygen atoms in total. The van der Waals surface area contributed by atoms with Crippen molar-refractivity contribution < 1.29 is 9.13 Å². The third-order valence-corrected chi connectivity index (χ3v) is 3.84. The molecule has 1 unspecified atom stereocenters. The Morgan fingerprint density at radius 2 is 2.00 bits per heavy atom. The second kappa shape index (κ2) is 6.74. The van der Waals surface area contributed by atoms with Gasteiger partial charge in [0.15, 0.2) is 11.6 Å². The second-order valence-electron chi connectivity index (χ2n) is 5.03. The molecule has 2 rings (SSSR count). The maximum atomic E-state index is 13.4. The molecule has 1 fully saturated rings. The third-order valence-electron chi connectivity index (χ3n) is 3.84. The summed E-state index contributed by atoms with van der Waals surface area (Å²) in [5.74, 6) is 0.736. The van der Waals surface area contributed by atoms with E-state index in [9.17, 15) is 4.39 Å². The Morgan fingerprint density at radius 3 is 2.67 bits per heavy atom. The monoisotopic (exact) mass is 251 g/mol. The van der Waals surface area contributed by atoms with Gasteiger partial charge < -0.3 is 10.1 Å². The van der Waals surface area contributed by atoms with Crippen LogP contribution in [0.3, 0.4) is 0 Å². The SMILES string of the molecule is CNC(COc1ccccc1F)C1CCCCC1. The van der Waals surface area contributed by atoms with E-state index in [1.165, 1.54) is 38.2 Å². The minimum atomic E-state index is -0.281. The zero-order valence-corrected chi connectivity index (χ0v) is 11.0. The summed E-state index contributed by atoms with van der Waals surface area (Å²) < 4.78 is 19.0. The molecule has 0 saturated heterocycles. The van der Waals surface area contributed by atoms with Gasteiger partial charge in [-0.05, 0) is 37.9 Å². The first-order chi connectivity index (χ1) is 8.81. The van der Waals surface area contributed by atoms with E-state index >= 15 is 0 Å². The lowest BCUT2D eigenvalue weighted by atomic mass is 9.84. The van der Waals surface area contributed by atoms with E-state index in [1.807, 2.05) is 7.05 Å². The van der Waals surface area contributed by atoms with Crippen molar-refractivity contribution in [3.8, 4) is 5.75 Å². The first kappa shape index (κ1) is 13.3. The zero-order valence-electron chi connectivity index (χ0n) is 11.0. The zero-order chi connectivity index (χ0) is 12.8. The Balaban J connectivity index is 1.88. The maximum absolute atomic E-state index is 13.4. The van der Waals surface area contributed by atoms with Crippen LogP contribution in [-0.4, -0.2) is 19.7 Å². The molecule has 1 N–H and O–H groups in total. The quantitative estimate of drug-likeness (QED) is 0.866. The summed E-state index contributed by atoms with van der Waals surface area (Å²) in [7, 11) is 1.96. The molecule has 0 spiro atoms. The molecule has 1 aromatic carbocycles. The summed E-state index contributed by atoms with van der Waals surface area (Å²) in [6.07, 6.45) is 6.48. The van der Waals surface area contributed by atoms with Gasteiger partial charge in [-0.2, -0.15) is 0 Å². The van der Waals surface area contributed by atoms with Crippen molar-refractivity contribution >= 4 is 0 Å².